The average molecular weight is 509 g/mol. The summed E-state index contributed by atoms with van der Waals surface area (Å²) in [4.78, 5) is 55.5. The third-order valence-corrected chi connectivity index (χ3v) is 6.10. The van der Waals surface area contributed by atoms with E-state index in [1.54, 1.807) is 49.9 Å². The van der Waals surface area contributed by atoms with Crippen molar-refractivity contribution in [1.29, 1.82) is 0 Å². The number of benzene rings is 1. The summed E-state index contributed by atoms with van der Waals surface area (Å²) in [7, 11) is 3.01. The molecule has 2 heterocycles. The van der Waals surface area contributed by atoms with Crippen LogP contribution in [0.2, 0.25) is 0 Å². The number of rotatable bonds is 6. The Morgan fingerprint density at radius 2 is 1.75 bits per heavy atom. The summed E-state index contributed by atoms with van der Waals surface area (Å²) < 4.78 is 33.2. The van der Waals surface area contributed by atoms with Gasteiger partial charge in [0, 0.05) is 45.7 Å². The molecule has 0 saturated carbocycles. The van der Waals surface area contributed by atoms with Gasteiger partial charge >= 0.3 is 6.09 Å². The molecule has 0 bridgehead atoms. The molecule has 198 valence electrons. The molecule has 11 heteroatoms. The number of alkyl halides is 2. The normalized spacial score (nSPS) is 19.1. The smallest absolute Gasteiger partial charge is 0.408 e. The number of halogens is 2. The highest BCUT2D eigenvalue weighted by atomic mass is 19.3. The van der Waals surface area contributed by atoms with Crippen LogP contribution >= 0.6 is 0 Å². The molecule has 0 aliphatic carbocycles. The van der Waals surface area contributed by atoms with Crippen LogP contribution in [0.15, 0.2) is 24.3 Å². The van der Waals surface area contributed by atoms with Crippen molar-refractivity contribution >= 4 is 29.5 Å². The highest BCUT2D eigenvalue weighted by Gasteiger charge is 2.46. The minimum atomic E-state index is -3.04. The number of carbonyl (C=O) groups excluding carboxylic acids is 4. The van der Waals surface area contributed by atoms with Crippen molar-refractivity contribution in [2.24, 2.45) is 0 Å². The van der Waals surface area contributed by atoms with E-state index in [2.05, 4.69) is 5.32 Å². The SMILES string of the molecule is CN(C)C(=O)[C@@H](c1ccc(N2CCCC2=O)cc1)[C@H](NC(=O)OC(C)(C)C)C(=O)N1CCC(F)(F)C1. The molecular formula is C25H34F2N4O5. The summed E-state index contributed by atoms with van der Waals surface area (Å²) in [5.74, 6) is -5.55. The van der Waals surface area contributed by atoms with Gasteiger partial charge in [-0.2, -0.15) is 0 Å². The first-order valence-electron chi connectivity index (χ1n) is 12.0. The van der Waals surface area contributed by atoms with E-state index >= 15 is 0 Å². The largest absolute Gasteiger partial charge is 0.444 e. The number of carbonyl (C=O) groups is 4. The number of nitrogens with zero attached hydrogens (tertiary/aromatic N) is 3. The van der Waals surface area contributed by atoms with Gasteiger partial charge in [-0.3, -0.25) is 14.4 Å². The summed E-state index contributed by atoms with van der Waals surface area (Å²) in [6.07, 6.45) is -0.231. The molecule has 2 atom stereocenters. The van der Waals surface area contributed by atoms with Crippen molar-refractivity contribution < 1.29 is 32.7 Å². The molecule has 1 aromatic rings. The van der Waals surface area contributed by atoms with Gasteiger partial charge in [-0.05, 0) is 44.9 Å². The Labute approximate surface area is 209 Å². The first-order valence-corrected chi connectivity index (χ1v) is 12.0. The molecule has 1 N–H and O–H groups in total. The van der Waals surface area contributed by atoms with Crippen molar-refractivity contribution in [3.8, 4) is 0 Å². The van der Waals surface area contributed by atoms with E-state index in [4.69, 9.17) is 4.74 Å². The van der Waals surface area contributed by atoms with Gasteiger partial charge < -0.3 is 24.8 Å². The maximum Gasteiger partial charge on any atom is 0.408 e. The zero-order valence-corrected chi connectivity index (χ0v) is 21.3. The zero-order valence-electron chi connectivity index (χ0n) is 21.3. The molecule has 4 amide bonds. The summed E-state index contributed by atoms with van der Waals surface area (Å²) in [6, 6.07) is 5.09. The second-order valence-corrected chi connectivity index (χ2v) is 10.4. The van der Waals surface area contributed by atoms with Crippen LogP contribution in [-0.2, 0) is 19.1 Å². The number of ether oxygens (including phenoxy) is 1. The second-order valence-electron chi connectivity index (χ2n) is 10.4. The Morgan fingerprint density at radius 1 is 1.11 bits per heavy atom. The van der Waals surface area contributed by atoms with Crippen LogP contribution in [0.25, 0.3) is 0 Å². The van der Waals surface area contributed by atoms with Crippen LogP contribution in [0, 0.1) is 0 Å². The molecule has 0 unspecified atom stereocenters. The summed E-state index contributed by atoms with van der Waals surface area (Å²) >= 11 is 0. The predicted octanol–water partition coefficient (Wildman–Crippen LogP) is 2.75. The van der Waals surface area contributed by atoms with Crippen LogP contribution in [0.5, 0.6) is 0 Å². The topological polar surface area (TPSA) is 99.3 Å². The maximum absolute atomic E-state index is 13.9. The molecule has 36 heavy (non-hydrogen) atoms. The van der Waals surface area contributed by atoms with Gasteiger partial charge in [-0.15, -0.1) is 0 Å². The monoisotopic (exact) mass is 508 g/mol. The van der Waals surface area contributed by atoms with E-state index in [1.165, 1.54) is 19.0 Å². The second kappa shape index (κ2) is 10.4. The highest BCUT2D eigenvalue weighted by Crippen LogP contribution is 2.31. The Balaban J connectivity index is 1.99. The van der Waals surface area contributed by atoms with Gasteiger partial charge in [0.2, 0.25) is 17.7 Å². The molecule has 0 radical (unpaired) electrons. The lowest BCUT2D eigenvalue weighted by atomic mass is 9.88. The van der Waals surface area contributed by atoms with Crippen LogP contribution in [-0.4, -0.2) is 84.9 Å². The number of hydrogen-bond acceptors (Lipinski definition) is 5. The molecule has 0 spiro atoms. The highest BCUT2D eigenvalue weighted by molar-refractivity contribution is 5.97. The Bertz CT molecular complexity index is 1010. The summed E-state index contributed by atoms with van der Waals surface area (Å²) in [5, 5.41) is 2.48. The Morgan fingerprint density at radius 3 is 2.22 bits per heavy atom. The molecule has 2 fully saturated rings. The molecule has 2 aliphatic heterocycles. The third kappa shape index (κ3) is 6.50. The number of alkyl carbamates (subject to hydrolysis) is 1. The van der Waals surface area contributed by atoms with Gasteiger partial charge in [0.05, 0.1) is 12.5 Å². The van der Waals surface area contributed by atoms with Gasteiger partial charge in [0.25, 0.3) is 5.92 Å². The standard InChI is InChI=1S/C25H34F2N4O5/c1-24(2,3)36-23(35)28-20(22(34)30-14-12-25(26,27)15-30)19(21(33)29(4)5)16-8-10-17(11-9-16)31-13-6-7-18(31)32/h8-11,19-20H,6-7,12-15H2,1-5H3,(H,28,35)/t19-,20-/m0/s1. The van der Waals surface area contributed by atoms with Gasteiger partial charge in [-0.25, -0.2) is 13.6 Å². The van der Waals surface area contributed by atoms with Gasteiger partial charge in [0.15, 0.2) is 0 Å². The van der Waals surface area contributed by atoms with Crippen LogP contribution in [0.1, 0.15) is 51.5 Å². The van der Waals surface area contributed by atoms with Gasteiger partial charge in [-0.1, -0.05) is 12.1 Å². The Kier molecular flexibility index (Phi) is 7.90. The number of amides is 4. The van der Waals surface area contributed by atoms with Crippen LogP contribution in [0.3, 0.4) is 0 Å². The molecule has 9 nitrogen and oxygen atoms in total. The van der Waals surface area contributed by atoms with Crippen molar-refractivity contribution in [2.45, 2.75) is 63.5 Å². The van der Waals surface area contributed by atoms with Crippen LogP contribution < -0.4 is 10.2 Å². The van der Waals surface area contributed by atoms with E-state index in [9.17, 15) is 28.0 Å². The molecular weight excluding hydrogens is 474 g/mol. The van der Waals surface area contributed by atoms with E-state index in [1.807, 2.05) is 0 Å². The quantitative estimate of drug-likeness (QED) is 0.637. The first kappa shape index (κ1) is 27.3. The van der Waals surface area contributed by atoms with Crippen molar-refractivity contribution in [3.63, 3.8) is 0 Å². The fourth-order valence-electron chi connectivity index (χ4n) is 4.38. The number of likely N-dealkylation sites (N-methyl/N-ethyl adjacent to an activating group) is 1. The van der Waals surface area contributed by atoms with E-state index in [0.717, 1.165) is 11.3 Å². The maximum atomic E-state index is 13.9. The van der Waals surface area contributed by atoms with E-state index in [-0.39, 0.29) is 12.5 Å². The lowest BCUT2D eigenvalue weighted by Crippen LogP contribution is -2.55. The lowest BCUT2D eigenvalue weighted by Gasteiger charge is -2.32. The minimum Gasteiger partial charge on any atom is -0.444 e. The van der Waals surface area contributed by atoms with Gasteiger partial charge in [0.1, 0.15) is 11.6 Å². The first-order chi connectivity index (χ1) is 16.7. The third-order valence-electron chi connectivity index (χ3n) is 6.10. The Hall–Kier alpha value is -3.24. The fraction of sp³-hybridized carbons (Fsp3) is 0.600. The van der Waals surface area contributed by atoms with Crippen LogP contribution in [0.4, 0.5) is 19.3 Å². The van der Waals surface area contributed by atoms with Crippen molar-refractivity contribution in [2.75, 3.05) is 38.6 Å². The van der Waals surface area contributed by atoms with E-state index < -0.39 is 54.4 Å². The number of likely N-dealkylation sites (tertiary alicyclic amines) is 1. The van der Waals surface area contributed by atoms with Crippen molar-refractivity contribution in [3.05, 3.63) is 29.8 Å². The number of nitrogens with one attached hydrogen (secondary N) is 1. The molecule has 3 rings (SSSR count). The van der Waals surface area contributed by atoms with E-state index in [0.29, 0.717) is 24.2 Å². The summed E-state index contributed by atoms with van der Waals surface area (Å²) in [5.41, 5.74) is 0.160. The molecule has 2 saturated heterocycles. The fourth-order valence-corrected chi connectivity index (χ4v) is 4.38. The van der Waals surface area contributed by atoms with Crippen molar-refractivity contribution in [1.82, 2.24) is 15.1 Å². The zero-order chi connectivity index (χ0) is 26.8. The number of anilines is 1. The molecule has 0 aromatic heterocycles. The lowest BCUT2D eigenvalue weighted by molar-refractivity contribution is -0.139. The molecule has 2 aliphatic rings. The number of hydrogen-bond donors (Lipinski definition) is 1. The minimum absolute atomic E-state index is 0.00160. The summed E-state index contributed by atoms with van der Waals surface area (Å²) in [6.45, 7) is 4.53. The predicted molar refractivity (Wildman–Crippen MR) is 129 cm³/mol. The average Bonchev–Trinajstić information content (AvgIpc) is 3.36. The molecule has 1 aromatic carbocycles.